The maximum absolute atomic E-state index is 12.3. The van der Waals surface area contributed by atoms with E-state index < -0.39 is 19.1 Å². The van der Waals surface area contributed by atoms with Gasteiger partial charge in [-0.25, -0.2) is 38.1 Å². The molecule has 2 aliphatic heterocycles. The summed E-state index contributed by atoms with van der Waals surface area (Å²) in [5.41, 5.74) is 53.7. The molecule has 125 heavy (non-hydrogen) atoms. The lowest BCUT2D eigenvalue weighted by Gasteiger charge is -2.06. The minimum absolute atomic E-state index is 0. The van der Waals surface area contributed by atoms with Crippen molar-refractivity contribution in [1.29, 1.82) is 0 Å². The van der Waals surface area contributed by atoms with Crippen LogP contribution in [-0.2, 0) is 32.5 Å². The Bertz CT molecular complexity index is 6880. The Hall–Kier alpha value is -14.3. The number of nitrogens with two attached hydrogens (primary N) is 5. The third-order valence-corrected chi connectivity index (χ3v) is 20.6. The number of allylic oxidation sites excluding steroid dienone is 2. The standard InChI is InChI=1S/C18H18N4O.C17H15F3N6.C17H16F2N6.C17H17FN6.C17H16N4O.5CH4/c19-18-15-9-13(2-1-7-23)21-17(15)14-4-3-11(8-16(14)22-18)12-5-6-20-10-12;18-17(19,20)8-22-7-10-6-12-15(24-10)11-2-1-9(13-3-4-23-26-13)5-14(11)25-16(12)21;18-15(19)8-21-7-10-6-12-16(23-10)11-2-1-9(13-3-4-22-25-13)5-14(11)24-17(12)20;18-4-6-20-9-11-8-13-16(22-11)12-2-1-10(14-3-5-21-24-14)7-15(12)23-17(13)19;18-17-14-8-12(4-6-22)20-16(14)13-2-1-10(7-15(13)21-17)11-3-5-19-9-11;;;;;/h3-6,8-9,21,23H,1-2,7,10H2,(H2,19,22);1-6,22,24H,7-8H2,(H2,21,25)(H,23,26);1-6,15,21,23H,7-8H2,(H2,20,24)(H,22,25);1-3,5,7-8,20,22H,4,6,9H2,(H2,19,23)(H,21,24);1-3,5,7-8,20,22H,4,6,9H2,(H2,18,21);5*1H4. The molecule has 34 heteroatoms. The first-order chi connectivity index (χ1) is 58.3. The predicted octanol–water partition coefficient (Wildman–Crippen LogP) is 17.3. The van der Waals surface area contributed by atoms with Crippen LogP contribution in [0.4, 0.5) is 55.4 Å². The van der Waals surface area contributed by atoms with Crippen molar-refractivity contribution in [3.8, 4) is 33.8 Å². The van der Waals surface area contributed by atoms with Crippen LogP contribution in [0.1, 0.15) is 83.2 Å². The van der Waals surface area contributed by atoms with Gasteiger partial charge in [-0.15, -0.1) is 0 Å². The highest BCUT2D eigenvalue weighted by Crippen LogP contribution is 2.38. The molecule has 0 amide bonds. The molecule has 0 unspecified atom stereocenters. The molecule has 0 aliphatic carbocycles. The van der Waals surface area contributed by atoms with Gasteiger partial charge in [0.1, 0.15) is 35.8 Å². The molecule has 15 heterocycles. The van der Waals surface area contributed by atoms with E-state index in [-0.39, 0.29) is 70.1 Å². The summed E-state index contributed by atoms with van der Waals surface area (Å²) in [6, 6.07) is 45.3. The number of nitrogens with zero attached hydrogens (tertiary/aromatic N) is 10. The van der Waals surface area contributed by atoms with Crippen LogP contribution in [0.25, 0.3) is 154 Å². The fraction of sp³-hybridized carbons (Fsp3) is 0.231. The molecule has 0 bridgehead atoms. The van der Waals surface area contributed by atoms with Gasteiger partial charge in [-0.2, -0.15) is 28.5 Å². The molecule has 0 spiro atoms. The smallest absolute Gasteiger partial charge is 0.396 e. The van der Waals surface area contributed by atoms with Crippen LogP contribution in [0.5, 0.6) is 0 Å². The largest absolute Gasteiger partial charge is 0.401 e. The van der Waals surface area contributed by atoms with Crippen molar-refractivity contribution in [2.45, 2.75) is 88.6 Å². The number of alkyl halides is 6. The predicted molar refractivity (Wildman–Crippen MR) is 498 cm³/mol. The first-order valence-corrected chi connectivity index (χ1v) is 38.5. The molecule has 23 N–H and O–H groups in total. The molecule has 13 aromatic heterocycles. The summed E-state index contributed by atoms with van der Waals surface area (Å²) in [6.45, 7) is 1.20. The van der Waals surface area contributed by atoms with Crippen LogP contribution >= 0.6 is 0 Å². The Kier molecular flexibility index (Phi) is 29.3. The number of pyridine rings is 5. The zero-order chi connectivity index (χ0) is 83.1. The zero-order valence-electron chi connectivity index (χ0n) is 64.3. The SMILES string of the molecule is C.C.C.C.C.Nc1nc2cc(-c3ccn[nH]3)ccc2c2[nH]c(CNCC(F)(F)F)cc12.Nc1nc2cc(-c3ccn[nH]3)ccc2c2[nH]c(CNCC(F)F)cc12.Nc1nc2cc(-c3ccn[nH]3)ccc2c2[nH]c(CNCCF)cc12.Nc1nc2cc(C3=CC=NC3)ccc2c2[nH]c(CCCO)cc12.Nc1nc2cc(C3=CC=NC3)ccc2c2[nH]c(CCO)cc12. The summed E-state index contributed by atoms with van der Waals surface area (Å²) in [5, 5.41) is 55.9. The molecule has 0 atom stereocenters. The highest BCUT2D eigenvalue weighted by atomic mass is 19.4. The van der Waals surface area contributed by atoms with E-state index in [0.717, 1.165) is 185 Å². The number of halogens is 6. The van der Waals surface area contributed by atoms with Gasteiger partial charge in [-0.3, -0.25) is 25.3 Å². The molecular weight excluding hydrogens is 1600 g/mol. The van der Waals surface area contributed by atoms with Gasteiger partial charge in [0.15, 0.2) is 0 Å². The molecule has 2 aliphatic rings. The van der Waals surface area contributed by atoms with E-state index in [2.05, 4.69) is 143 Å². The number of nitrogens with one attached hydrogen (secondary N) is 11. The molecule has 0 saturated carbocycles. The molecule has 5 aromatic carbocycles. The number of benzene rings is 5. The van der Waals surface area contributed by atoms with Crippen LogP contribution in [0.3, 0.4) is 0 Å². The van der Waals surface area contributed by atoms with E-state index in [1.165, 1.54) is 11.1 Å². The molecule has 18 aromatic rings. The van der Waals surface area contributed by atoms with Crippen molar-refractivity contribution in [2.75, 3.05) is 81.3 Å². The number of nitrogen functional groups attached to an aromatic ring is 5. The normalized spacial score (nSPS) is 12.2. The topological polar surface area (TPSA) is 461 Å². The van der Waals surface area contributed by atoms with Crippen molar-refractivity contribution >= 4 is 162 Å². The molecule has 28 nitrogen and oxygen atoms in total. The minimum Gasteiger partial charge on any atom is -0.396 e. The number of rotatable bonds is 21. The van der Waals surface area contributed by atoms with E-state index in [0.29, 0.717) is 78.3 Å². The number of aryl methyl sites for hydroxylation is 1. The third kappa shape index (κ3) is 20.2. The number of fused-ring (bicyclic) bond motifs is 15. The second-order valence-corrected chi connectivity index (χ2v) is 28.7. The molecule has 650 valence electrons. The number of H-pyrrole nitrogens is 8. The highest BCUT2D eigenvalue weighted by molar-refractivity contribution is 6.13. The second kappa shape index (κ2) is 40.1. The van der Waals surface area contributed by atoms with Crippen molar-refractivity contribution < 1.29 is 36.6 Å². The lowest BCUT2D eigenvalue weighted by Crippen LogP contribution is -2.28. The van der Waals surface area contributed by atoms with Crippen LogP contribution in [0.2, 0.25) is 0 Å². The van der Waals surface area contributed by atoms with Crippen molar-refractivity contribution in [3.63, 3.8) is 0 Å². The fourth-order valence-corrected chi connectivity index (χ4v) is 14.9. The molecule has 20 rings (SSSR count). The zero-order valence-corrected chi connectivity index (χ0v) is 64.3. The monoisotopic (exact) mass is 1700 g/mol. The Morgan fingerprint density at radius 1 is 0.384 bits per heavy atom. The molecule has 0 saturated heterocycles. The Labute approximate surface area is 714 Å². The number of anilines is 5. The number of aromatic nitrogens is 16. The quantitative estimate of drug-likeness (QED) is 0.0235. The van der Waals surface area contributed by atoms with Crippen LogP contribution in [-0.4, -0.2) is 168 Å². The fourth-order valence-electron chi connectivity index (χ4n) is 14.9. The number of aliphatic hydroxyl groups is 2. The molecule has 0 radical (unpaired) electrons. The summed E-state index contributed by atoms with van der Waals surface area (Å²) in [6.07, 6.45) is 8.28. The van der Waals surface area contributed by atoms with Gasteiger partial charge in [0.05, 0.1) is 98.4 Å². The minimum atomic E-state index is -4.25. The van der Waals surface area contributed by atoms with Gasteiger partial charge in [0, 0.05) is 176 Å². The Balaban J connectivity index is 0.000000151. The average Bonchev–Trinajstić information content (AvgIpc) is 1.65. The van der Waals surface area contributed by atoms with E-state index >= 15 is 0 Å². The number of hydrogen-bond donors (Lipinski definition) is 18. The number of aliphatic imine (C=N–C) groups is 2. The van der Waals surface area contributed by atoms with Crippen molar-refractivity contribution in [3.05, 3.63) is 210 Å². The Morgan fingerprint density at radius 2 is 0.704 bits per heavy atom. The van der Waals surface area contributed by atoms with Gasteiger partial charge in [0.25, 0.3) is 6.43 Å². The van der Waals surface area contributed by atoms with Crippen LogP contribution < -0.4 is 44.6 Å². The van der Waals surface area contributed by atoms with Gasteiger partial charge >= 0.3 is 6.18 Å². The van der Waals surface area contributed by atoms with Gasteiger partial charge in [-0.05, 0) is 126 Å². The summed E-state index contributed by atoms with van der Waals surface area (Å²) in [5.74, 6) is 2.25. The lowest BCUT2D eigenvalue weighted by molar-refractivity contribution is -0.125. The Morgan fingerprint density at radius 3 is 1.01 bits per heavy atom. The maximum atomic E-state index is 12.3. The first-order valence-electron chi connectivity index (χ1n) is 38.5. The third-order valence-electron chi connectivity index (χ3n) is 20.6. The van der Waals surface area contributed by atoms with Gasteiger partial charge < -0.3 is 79.8 Å². The summed E-state index contributed by atoms with van der Waals surface area (Å²) >= 11 is 0. The van der Waals surface area contributed by atoms with Gasteiger partial charge in [-0.1, -0.05) is 97.8 Å². The van der Waals surface area contributed by atoms with Gasteiger partial charge in [0.2, 0.25) is 0 Å². The van der Waals surface area contributed by atoms with E-state index in [4.69, 9.17) is 38.9 Å². The van der Waals surface area contributed by atoms with Crippen molar-refractivity contribution in [1.82, 2.24) is 96.4 Å². The first kappa shape index (κ1) is 91.4. The summed E-state index contributed by atoms with van der Waals surface area (Å²) in [4.78, 5) is 47.6. The lowest BCUT2D eigenvalue weighted by atomic mass is 10.0. The average molecular weight is 1710 g/mol. The van der Waals surface area contributed by atoms with Crippen LogP contribution in [0, 0.1) is 0 Å². The van der Waals surface area contributed by atoms with E-state index in [1.54, 1.807) is 24.7 Å². The number of aromatic amines is 8. The number of aliphatic hydroxyl groups excluding tert-OH is 2. The van der Waals surface area contributed by atoms with E-state index in [1.807, 2.05) is 122 Å². The summed E-state index contributed by atoms with van der Waals surface area (Å²) < 4.78 is 73.6. The maximum Gasteiger partial charge on any atom is 0.401 e. The molecular formula is C91H102F6N26O2. The summed E-state index contributed by atoms with van der Waals surface area (Å²) in [7, 11) is 0. The number of hydrogen-bond acceptors (Lipinski definition) is 20. The highest BCUT2D eigenvalue weighted by Gasteiger charge is 2.27. The van der Waals surface area contributed by atoms with E-state index in [9.17, 15) is 26.3 Å². The molecule has 0 fully saturated rings. The van der Waals surface area contributed by atoms with Crippen molar-refractivity contribution in [2.24, 2.45) is 9.98 Å². The second-order valence-electron chi connectivity index (χ2n) is 28.7. The van der Waals surface area contributed by atoms with Crippen LogP contribution in [0.15, 0.2) is 180 Å².